The molecule has 2 aliphatic heterocycles. The van der Waals surface area contributed by atoms with Crippen molar-refractivity contribution in [1.82, 2.24) is 5.32 Å². The van der Waals surface area contributed by atoms with Crippen LogP contribution in [0.3, 0.4) is 0 Å². The Kier molecular flexibility index (Phi) is 2.84. The summed E-state index contributed by atoms with van der Waals surface area (Å²) in [6, 6.07) is 6.61. The minimum atomic E-state index is -0.465. The highest BCUT2D eigenvalue weighted by atomic mass is 16.6. The Labute approximate surface area is 110 Å². The normalized spacial score (nSPS) is 25.1. The second kappa shape index (κ2) is 4.52. The second-order valence-electron chi connectivity index (χ2n) is 5.15. The lowest BCUT2D eigenvalue weighted by Crippen LogP contribution is -2.26. The first-order valence-electron chi connectivity index (χ1n) is 6.33. The number of non-ortho nitro benzene ring substituents is 1. The fourth-order valence-corrected chi connectivity index (χ4v) is 3.05. The molecular weight excluding hydrogens is 244 g/mol. The molecule has 0 aliphatic carbocycles. The summed E-state index contributed by atoms with van der Waals surface area (Å²) in [5.74, 6) is 1.25. The predicted molar refractivity (Wildman–Crippen MR) is 69.9 cm³/mol. The first kappa shape index (κ1) is 11.9. The van der Waals surface area contributed by atoms with Gasteiger partial charge in [-0.3, -0.25) is 10.1 Å². The van der Waals surface area contributed by atoms with Gasteiger partial charge in [0.05, 0.1) is 16.2 Å². The van der Waals surface area contributed by atoms with Crippen molar-refractivity contribution in [3.05, 3.63) is 33.9 Å². The number of benzene rings is 1. The number of hydrogen-bond donors (Lipinski definition) is 1. The van der Waals surface area contributed by atoms with Crippen LogP contribution in [0.1, 0.15) is 5.56 Å². The Morgan fingerprint density at radius 1 is 1.37 bits per heavy atom. The minimum Gasteiger partial charge on any atom is -0.370 e. The fraction of sp³-hybridized carbons (Fsp3) is 0.462. The highest BCUT2D eigenvalue weighted by Gasteiger charge is 2.36. The Morgan fingerprint density at radius 3 is 2.63 bits per heavy atom. The zero-order valence-electron chi connectivity index (χ0n) is 10.4. The SMILES string of the molecule is N#Cc1cc([N+](=O)[O-])ccc1N1C[C@H]2CNC[C@H]2C1. The molecule has 0 saturated carbocycles. The number of nitrogens with one attached hydrogen (secondary N) is 1. The summed E-state index contributed by atoms with van der Waals surface area (Å²) in [5, 5.41) is 23.3. The Bertz CT molecular complexity index is 554. The van der Waals surface area contributed by atoms with Gasteiger partial charge in [-0.2, -0.15) is 5.26 Å². The van der Waals surface area contributed by atoms with Crippen LogP contribution in [0.25, 0.3) is 0 Å². The Morgan fingerprint density at radius 2 is 2.05 bits per heavy atom. The van der Waals surface area contributed by atoms with Gasteiger partial charge in [0, 0.05) is 38.3 Å². The van der Waals surface area contributed by atoms with Crippen LogP contribution in [0.15, 0.2) is 18.2 Å². The lowest BCUT2D eigenvalue weighted by molar-refractivity contribution is -0.384. The van der Waals surface area contributed by atoms with E-state index in [9.17, 15) is 15.4 Å². The average molecular weight is 258 g/mol. The molecule has 6 heteroatoms. The standard InChI is InChI=1S/C13H14N4O2/c14-4-9-3-12(17(18)19)1-2-13(9)16-7-10-5-15-6-11(10)8-16/h1-3,10-11,15H,5-8H2/t10-,11+. The van der Waals surface area contributed by atoms with Crippen LogP contribution in [0.4, 0.5) is 11.4 Å². The van der Waals surface area contributed by atoms with E-state index in [1.807, 2.05) is 0 Å². The number of fused-ring (bicyclic) bond motifs is 1. The molecule has 98 valence electrons. The maximum absolute atomic E-state index is 10.7. The maximum Gasteiger partial charge on any atom is 0.270 e. The number of rotatable bonds is 2. The van der Waals surface area contributed by atoms with Crippen LogP contribution < -0.4 is 10.2 Å². The largest absolute Gasteiger partial charge is 0.370 e. The molecule has 1 aromatic rings. The van der Waals surface area contributed by atoms with E-state index in [1.54, 1.807) is 6.07 Å². The molecule has 3 rings (SSSR count). The smallest absolute Gasteiger partial charge is 0.270 e. The number of anilines is 1. The number of nitrogens with zero attached hydrogens (tertiary/aromatic N) is 3. The maximum atomic E-state index is 10.7. The summed E-state index contributed by atoms with van der Waals surface area (Å²) in [6.07, 6.45) is 0. The van der Waals surface area contributed by atoms with Crippen LogP contribution in [0, 0.1) is 33.3 Å². The van der Waals surface area contributed by atoms with Crippen LogP contribution in [-0.4, -0.2) is 31.1 Å². The molecule has 0 amide bonds. The third-order valence-corrected chi connectivity index (χ3v) is 4.04. The summed E-state index contributed by atoms with van der Waals surface area (Å²) in [7, 11) is 0. The minimum absolute atomic E-state index is 0.0265. The third-order valence-electron chi connectivity index (χ3n) is 4.04. The molecule has 2 fully saturated rings. The molecule has 0 spiro atoms. The van der Waals surface area contributed by atoms with E-state index < -0.39 is 4.92 Å². The zero-order valence-corrected chi connectivity index (χ0v) is 10.4. The molecule has 0 aromatic heterocycles. The average Bonchev–Trinajstić information content (AvgIpc) is 2.98. The van der Waals surface area contributed by atoms with E-state index in [-0.39, 0.29) is 5.69 Å². The molecule has 2 heterocycles. The van der Waals surface area contributed by atoms with Crippen molar-refractivity contribution in [2.45, 2.75) is 0 Å². The molecular formula is C13H14N4O2. The van der Waals surface area contributed by atoms with E-state index in [0.29, 0.717) is 17.4 Å². The van der Waals surface area contributed by atoms with E-state index in [2.05, 4.69) is 16.3 Å². The summed E-state index contributed by atoms with van der Waals surface area (Å²) in [6.45, 7) is 3.89. The molecule has 19 heavy (non-hydrogen) atoms. The lowest BCUT2D eigenvalue weighted by Gasteiger charge is -2.20. The molecule has 2 aliphatic rings. The van der Waals surface area contributed by atoms with Gasteiger partial charge in [-0.15, -0.1) is 0 Å². The zero-order chi connectivity index (χ0) is 13.4. The highest BCUT2D eigenvalue weighted by Crippen LogP contribution is 2.33. The number of nitro benzene ring substituents is 1. The Hall–Kier alpha value is -2.13. The van der Waals surface area contributed by atoms with Gasteiger partial charge in [0.15, 0.2) is 0 Å². The van der Waals surface area contributed by atoms with Crippen LogP contribution in [0.5, 0.6) is 0 Å². The van der Waals surface area contributed by atoms with Gasteiger partial charge in [-0.25, -0.2) is 0 Å². The van der Waals surface area contributed by atoms with Crippen LogP contribution in [0.2, 0.25) is 0 Å². The third kappa shape index (κ3) is 2.02. The summed E-state index contributed by atoms with van der Waals surface area (Å²) in [4.78, 5) is 12.4. The summed E-state index contributed by atoms with van der Waals surface area (Å²) < 4.78 is 0. The molecule has 2 atom stereocenters. The van der Waals surface area contributed by atoms with Gasteiger partial charge >= 0.3 is 0 Å². The van der Waals surface area contributed by atoms with Crippen molar-refractivity contribution >= 4 is 11.4 Å². The van der Waals surface area contributed by atoms with Gasteiger partial charge in [0.1, 0.15) is 6.07 Å². The van der Waals surface area contributed by atoms with Gasteiger partial charge in [0.2, 0.25) is 0 Å². The van der Waals surface area contributed by atoms with E-state index in [4.69, 9.17) is 0 Å². The van der Waals surface area contributed by atoms with Gasteiger partial charge < -0.3 is 10.2 Å². The van der Waals surface area contributed by atoms with Gasteiger partial charge in [0.25, 0.3) is 5.69 Å². The summed E-state index contributed by atoms with van der Waals surface area (Å²) in [5.41, 5.74) is 1.19. The fourth-order valence-electron chi connectivity index (χ4n) is 3.05. The van der Waals surface area contributed by atoms with E-state index in [0.717, 1.165) is 31.9 Å². The van der Waals surface area contributed by atoms with E-state index in [1.165, 1.54) is 12.1 Å². The topological polar surface area (TPSA) is 82.2 Å². The molecule has 6 nitrogen and oxygen atoms in total. The Balaban J connectivity index is 1.89. The number of nitro groups is 1. The van der Waals surface area contributed by atoms with Crippen molar-refractivity contribution < 1.29 is 4.92 Å². The van der Waals surface area contributed by atoms with Crippen LogP contribution >= 0.6 is 0 Å². The molecule has 1 N–H and O–H groups in total. The molecule has 2 saturated heterocycles. The summed E-state index contributed by atoms with van der Waals surface area (Å²) >= 11 is 0. The first-order valence-corrected chi connectivity index (χ1v) is 6.33. The van der Waals surface area contributed by atoms with Crippen molar-refractivity contribution in [2.75, 3.05) is 31.1 Å². The van der Waals surface area contributed by atoms with Crippen molar-refractivity contribution in [3.8, 4) is 6.07 Å². The predicted octanol–water partition coefficient (Wildman–Crippen LogP) is 1.12. The van der Waals surface area contributed by atoms with E-state index >= 15 is 0 Å². The van der Waals surface area contributed by atoms with Gasteiger partial charge in [-0.05, 0) is 17.9 Å². The molecule has 0 radical (unpaired) electrons. The molecule has 0 bridgehead atoms. The number of nitriles is 1. The lowest BCUT2D eigenvalue weighted by atomic mass is 10.0. The van der Waals surface area contributed by atoms with Crippen molar-refractivity contribution in [1.29, 1.82) is 5.26 Å². The molecule has 0 unspecified atom stereocenters. The second-order valence-corrected chi connectivity index (χ2v) is 5.15. The highest BCUT2D eigenvalue weighted by molar-refractivity contribution is 5.63. The monoisotopic (exact) mass is 258 g/mol. The van der Waals surface area contributed by atoms with Crippen molar-refractivity contribution in [2.24, 2.45) is 11.8 Å². The number of hydrogen-bond acceptors (Lipinski definition) is 5. The van der Waals surface area contributed by atoms with Crippen LogP contribution in [-0.2, 0) is 0 Å². The first-order chi connectivity index (χ1) is 9.19. The quantitative estimate of drug-likeness (QED) is 0.635. The molecule has 1 aromatic carbocycles. The van der Waals surface area contributed by atoms with Crippen molar-refractivity contribution in [3.63, 3.8) is 0 Å². The van der Waals surface area contributed by atoms with Gasteiger partial charge in [-0.1, -0.05) is 0 Å².